The maximum absolute atomic E-state index is 12.0. The number of hydrazone groups is 1. The first kappa shape index (κ1) is 12.9. The van der Waals surface area contributed by atoms with Crippen molar-refractivity contribution in [3.05, 3.63) is 53.5 Å². The maximum atomic E-state index is 12.0. The Morgan fingerprint density at radius 3 is 2.74 bits per heavy atom. The summed E-state index contributed by atoms with van der Waals surface area (Å²) in [5.74, 6) is 0.402. The van der Waals surface area contributed by atoms with Gasteiger partial charge in [0, 0.05) is 12.6 Å². The van der Waals surface area contributed by atoms with Crippen LogP contribution in [0.15, 0.2) is 46.1 Å². The van der Waals surface area contributed by atoms with E-state index in [1.807, 2.05) is 0 Å². The number of amides is 1. The van der Waals surface area contributed by atoms with E-state index in [2.05, 4.69) is 5.10 Å². The Kier molecular flexibility index (Phi) is 3.66. The molecule has 0 saturated carbocycles. The average molecular weight is 258 g/mol. The summed E-state index contributed by atoms with van der Waals surface area (Å²) in [5, 5.41) is 14.8. The Balaban J connectivity index is 2.14. The van der Waals surface area contributed by atoms with Gasteiger partial charge in [-0.2, -0.15) is 5.10 Å². The van der Waals surface area contributed by atoms with Crippen molar-refractivity contribution >= 4 is 12.1 Å². The highest BCUT2D eigenvalue weighted by atomic mass is 16.3. The minimum absolute atomic E-state index is 0.117. The number of para-hydroxylation sites is 1. The molecule has 0 fully saturated rings. The highest BCUT2D eigenvalue weighted by molar-refractivity contribution is 5.95. The number of furan rings is 1. The number of rotatable bonds is 3. The predicted octanol–water partition coefficient (Wildman–Crippen LogP) is 2.40. The molecule has 2 aromatic rings. The highest BCUT2D eigenvalue weighted by Crippen LogP contribution is 2.14. The minimum atomic E-state index is -0.266. The van der Waals surface area contributed by atoms with E-state index >= 15 is 0 Å². The van der Waals surface area contributed by atoms with Crippen LogP contribution in [0.2, 0.25) is 0 Å². The molecule has 1 aromatic carbocycles. The second-order valence-electron chi connectivity index (χ2n) is 4.02. The number of hydrogen-bond donors (Lipinski definition) is 1. The van der Waals surface area contributed by atoms with Crippen LogP contribution in [0.5, 0.6) is 5.75 Å². The SMILES string of the molecule is Cc1occc1C(=O)N(C)/N=C/c1ccccc1O. The Labute approximate surface area is 110 Å². The summed E-state index contributed by atoms with van der Waals surface area (Å²) in [5.41, 5.74) is 1.02. The zero-order chi connectivity index (χ0) is 13.8. The van der Waals surface area contributed by atoms with E-state index in [0.717, 1.165) is 0 Å². The quantitative estimate of drug-likeness (QED) is 0.679. The van der Waals surface area contributed by atoms with Crippen LogP contribution in [0.25, 0.3) is 0 Å². The van der Waals surface area contributed by atoms with Gasteiger partial charge in [0.2, 0.25) is 0 Å². The Bertz CT molecular complexity index is 617. The van der Waals surface area contributed by atoms with Crippen molar-refractivity contribution in [3.63, 3.8) is 0 Å². The molecule has 1 aromatic heterocycles. The number of aromatic hydroxyl groups is 1. The van der Waals surface area contributed by atoms with Gasteiger partial charge in [0.15, 0.2) is 0 Å². The molecule has 0 saturated heterocycles. The van der Waals surface area contributed by atoms with Gasteiger partial charge < -0.3 is 9.52 Å². The van der Waals surface area contributed by atoms with Crippen molar-refractivity contribution in [1.82, 2.24) is 5.01 Å². The molecule has 0 unspecified atom stereocenters. The largest absolute Gasteiger partial charge is 0.507 e. The Morgan fingerprint density at radius 2 is 2.11 bits per heavy atom. The Morgan fingerprint density at radius 1 is 1.37 bits per heavy atom. The number of nitrogens with zero attached hydrogens (tertiary/aromatic N) is 2. The molecule has 5 heteroatoms. The van der Waals surface area contributed by atoms with Gasteiger partial charge >= 0.3 is 0 Å². The third-order valence-electron chi connectivity index (χ3n) is 2.69. The van der Waals surface area contributed by atoms with Crippen LogP contribution in [-0.4, -0.2) is 29.3 Å². The molecule has 0 aliphatic rings. The first-order valence-electron chi connectivity index (χ1n) is 5.73. The second-order valence-corrected chi connectivity index (χ2v) is 4.02. The molecular weight excluding hydrogens is 244 g/mol. The Hall–Kier alpha value is -2.56. The molecule has 19 heavy (non-hydrogen) atoms. The monoisotopic (exact) mass is 258 g/mol. The molecule has 0 aliphatic carbocycles. The van der Waals surface area contributed by atoms with Gasteiger partial charge in [-0.15, -0.1) is 0 Å². The lowest BCUT2D eigenvalue weighted by Gasteiger charge is -2.09. The fourth-order valence-corrected chi connectivity index (χ4v) is 1.58. The molecule has 0 spiro atoms. The molecular formula is C14H14N2O3. The maximum Gasteiger partial charge on any atom is 0.277 e. The van der Waals surface area contributed by atoms with Crippen LogP contribution >= 0.6 is 0 Å². The lowest BCUT2D eigenvalue weighted by Crippen LogP contribution is -2.21. The van der Waals surface area contributed by atoms with Crippen molar-refractivity contribution in [2.75, 3.05) is 7.05 Å². The number of aryl methyl sites for hydroxylation is 1. The first-order chi connectivity index (χ1) is 9.09. The van der Waals surface area contributed by atoms with Crippen molar-refractivity contribution < 1.29 is 14.3 Å². The number of benzene rings is 1. The lowest BCUT2D eigenvalue weighted by molar-refractivity contribution is 0.0798. The second kappa shape index (κ2) is 5.39. The van der Waals surface area contributed by atoms with E-state index in [1.54, 1.807) is 44.3 Å². The molecule has 1 heterocycles. The fourth-order valence-electron chi connectivity index (χ4n) is 1.58. The van der Waals surface area contributed by atoms with Gasteiger partial charge in [0.1, 0.15) is 11.5 Å². The van der Waals surface area contributed by atoms with E-state index < -0.39 is 0 Å². The van der Waals surface area contributed by atoms with E-state index in [4.69, 9.17) is 4.42 Å². The van der Waals surface area contributed by atoms with Gasteiger partial charge in [0.05, 0.1) is 18.0 Å². The zero-order valence-electron chi connectivity index (χ0n) is 10.7. The summed E-state index contributed by atoms with van der Waals surface area (Å²) >= 11 is 0. The van der Waals surface area contributed by atoms with Crippen LogP contribution < -0.4 is 0 Å². The number of phenolic OH excluding ortho intramolecular Hbond substituents is 1. The summed E-state index contributed by atoms with van der Waals surface area (Å²) in [4.78, 5) is 12.0. The van der Waals surface area contributed by atoms with E-state index in [-0.39, 0.29) is 11.7 Å². The molecule has 2 rings (SSSR count). The molecule has 0 aliphatic heterocycles. The number of hydrogen-bond acceptors (Lipinski definition) is 4. The fraction of sp³-hybridized carbons (Fsp3) is 0.143. The lowest BCUT2D eigenvalue weighted by atomic mass is 10.2. The molecule has 98 valence electrons. The van der Waals surface area contributed by atoms with Crippen LogP contribution in [0.4, 0.5) is 0 Å². The summed E-state index contributed by atoms with van der Waals surface area (Å²) in [7, 11) is 1.55. The smallest absolute Gasteiger partial charge is 0.277 e. The molecule has 0 radical (unpaired) electrons. The third-order valence-corrected chi connectivity index (χ3v) is 2.69. The van der Waals surface area contributed by atoms with Crippen LogP contribution in [-0.2, 0) is 0 Å². The van der Waals surface area contributed by atoms with Gasteiger partial charge in [-0.1, -0.05) is 12.1 Å². The average Bonchev–Trinajstić information content (AvgIpc) is 2.83. The summed E-state index contributed by atoms with van der Waals surface area (Å²) in [6.45, 7) is 1.72. The molecule has 5 nitrogen and oxygen atoms in total. The number of phenols is 1. The van der Waals surface area contributed by atoms with Crippen LogP contribution in [0, 0.1) is 6.92 Å². The molecule has 1 N–H and O–H groups in total. The van der Waals surface area contributed by atoms with Crippen molar-refractivity contribution in [1.29, 1.82) is 0 Å². The van der Waals surface area contributed by atoms with Crippen molar-refractivity contribution in [2.45, 2.75) is 6.92 Å². The molecule has 0 bridgehead atoms. The van der Waals surface area contributed by atoms with Gasteiger partial charge in [-0.3, -0.25) is 4.79 Å². The van der Waals surface area contributed by atoms with Crippen LogP contribution in [0.3, 0.4) is 0 Å². The van der Waals surface area contributed by atoms with Gasteiger partial charge in [-0.05, 0) is 25.1 Å². The van der Waals surface area contributed by atoms with Crippen molar-refractivity contribution in [3.8, 4) is 5.75 Å². The van der Waals surface area contributed by atoms with Gasteiger partial charge in [-0.25, -0.2) is 5.01 Å². The van der Waals surface area contributed by atoms with Crippen molar-refractivity contribution in [2.24, 2.45) is 5.10 Å². The van der Waals surface area contributed by atoms with E-state index in [1.165, 1.54) is 17.5 Å². The third kappa shape index (κ3) is 2.82. The topological polar surface area (TPSA) is 66.0 Å². The summed E-state index contributed by atoms with van der Waals surface area (Å²) in [6.07, 6.45) is 2.89. The number of carbonyl (C=O) groups is 1. The number of carbonyl (C=O) groups excluding carboxylic acids is 1. The summed E-state index contributed by atoms with van der Waals surface area (Å²) < 4.78 is 5.08. The predicted molar refractivity (Wildman–Crippen MR) is 71.2 cm³/mol. The standard InChI is InChI=1S/C14H14N2O3/c1-10-12(7-8-19-10)14(18)16(2)15-9-11-5-3-4-6-13(11)17/h3-9,17H,1-2H3/b15-9+. The normalized spacial score (nSPS) is 10.8. The van der Waals surface area contributed by atoms with E-state index in [0.29, 0.717) is 16.9 Å². The zero-order valence-corrected chi connectivity index (χ0v) is 10.7. The molecule has 1 amide bonds. The molecule has 0 atom stereocenters. The highest BCUT2D eigenvalue weighted by Gasteiger charge is 2.15. The first-order valence-corrected chi connectivity index (χ1v) is 5.73. The summed E-state index contributed by atoms with van der Waals surface area (Å²) in [6, 6.07) is 8.37. The van der Waals surface area contributed by atoms with E-state index in [9.17, 15) is 9.90 Å². The van der Waals surface area contributed by atoms with Crippen LogP contribution in [0.1, 0.15) is 21.7 Å². The minimum Gasteiger partial charge on any atom is -0.507 e. The van der Waals surface area contributed by atoms with Gasteiger partial charge in [0.25, 0.3) is 5.91 Å².